The Morgan fingerprint density at radius 2 is 2.20 bits per heavy atom. The van der Waals surface area contributed by atoms with E-state index in [1.54, 1.807) is 0 Å². The van der Waals surface area contributed by atoms with Crippen molar-refractivity contribution in [1.29, 1.82) is 0 Å². The lowest BCUT2D eigenvalue weighted by Gasteiger charge is -2.07. The third kappa shape index (κ3) is 0.917. The zero-order valence-corrected chi connectivity index (χ0v) is 6.85. The Hall–Kier alpha value is -0.530. The predicted molar refractivity (Wildman–Crippen MR) is 40.2 cm³/mol. The Labute approximate surface area is 61.8 Å². The lowest BCUT2D eigenvalue weighted by molar-refractivity contribution is -0.123. The molecule has 2 atom stereocenters. The van der Waals surface area contributed by atoms with Crippen LogP contribution in [0.2, 0.25) is 0 Å². The lowest BCUT2D eigenvalue weighted by Crippen LogP contribution is -2.24. The van der Waals surface area contributed by atoms with E-state index in [1.165, 1.54) is 0 Å². The number of hydrogen-bond acceptors (Lipinski definition) is 1. The van der Waals surface area contributed by atoms with E-state index in [1.807, 2.05) is 6.92 Å². The van der Waals surface area contributed by atoms with Crippen molar-refractivity contribution < 1.29 is 4.79 Å². The van der Waals surface area contributed by atoms with Crippen molar-refractivity contribution >= 4 is 5.91 Å². The maximum Gasteiger partial charge on any atom is 0.223 e. The number of amides is 1. The molecule has 2 N–H and O–H groups in total. The first-order valence-electron chi connectivity index (χ1n) is 3.78. The third-order valence-electron chi connectivity index (χ3n) is 2.67. The molecule has 58 valence electrons. The Balaban J connectivity index is 2.56. The van der Waals surface area contributed by atoms with Crippen molar-refractivity contribution in [2.24, 2.45) is 23.0 Å². The van der Waals surface area contributed by atoms with Gasteiger partial charge in [0, 0.05) is 5.41 Å². The average molecular weight is 141 g/mol. The topological polar surface area (TPSA) is 43.1 Å². The van der Waals surface area contributed by atoms with Crippen molar-refractivity contribution in [1.82, 2.24) is 0 Å². The zero-order valence-electron chi connectivity index (χ0n) is 6.85. The summed E-state index contributed by atoms with van der Waals surface area (Å²) in [7, 11) is 0. The van der Waals surface area contributed by atoms with Crippen LogP contribution < -0.4 is 5.73 Å². The molecule has 1 saturated carbocycles. The highest BCUT2D eigenvalue weighted by Crippen LogP contribution is 2.55. The largest absolute Gasteiger partial charge is 0.369 e. The predicted octanol–water partition coefficient (Wildman–Crippen LogP) is 1.15. The molecule has 0 bridgehead atoms. The fourth-order valence-corrected chi connectivity index (χ4v) is 1.65. The van der Waals surface area contributed by atoms with Crippen LogP contribution in [0.1, 0.15) is 27.2 Å². The average Bonchev–Trinajstić information content (AvgIpc) is 2.43. The lowest BCUT2D eigenvalue weighted by atomic mass is 9.99. The van der Waals surface area contributed by atoms with Crippen LogP contribution in [-0.2, 0) is 4.79 Å². The fraction of sp³-hybridized carbons (Fsp3) is 0.875. The number of rotatable bonds is 2. The number of nitrogens with two attached hydrogens (primary N) is 1. The van der Waals surface area contributed by atoms with E-state index in [9.17, 15) is 4.79 Å². The molecule has 10 heavy (non-hydrogen) atoms. The van der Waals surface area contributed by atoms with Gasteiger partial charge in [-0.15, -0.1) is 0 Å². The highest BCUT2D eigenvalue weighted by atomic mass is 16.1. The van der Waals surface area contributed by atoms with Gasteiger partial charge in [0.1, 0.15) is 0 Å². The van der Waals surface area contributed by atoms with E-state index < -0.39 is 0 Å². The van der Waals surface area contributed by atoms with Crippen molar-refractivity contribution in [3.63, 3.8) is 0 Å². The van der Waals surface area contributed by atoms with Crippen molar-refractivity contribution in [2.75, 3.05) is 0 Å². The van der Waals surface area contributed by atoms with Gasteiger partial charge in [-0.1, -0.05) is 20.8 Å². The normalized spacial score (nSPS) is 38.2. The zero-order chi connectivity index (χ0) is 7.94. The van der Waals surface area contributed by atoms with Crippen LogP contribution in [0, 0.1) is 17.3 Å². The minimum Gasteiger partial charge on any atom is -0.369 e. The van der Waals surface area contributed by atoms with Gasteiger partial charge in [-0.05, 0) is 18.3 Å². The van der Waals surface area contributed by atoms with Gasteiger partial charge in [0.15, 0.2) is 0 Å². The molecule has 2 heteroatoms. The minimum atomic E-state index is -0.172. The summed E-state index contributed by atoms with van der Waals surface area (Å²) >= 11 is 0. The molecule has 1 fully saturated rings. The van der Waals surface area contributed by atoms with Gasteiger partial charge in [-0.3, -0.25) is 4.79 Å². The number of hydrogen-bond donors (Lipinski definition) is 1. The van der Waals surface area contributed by atoms with Gasteiger partial charge in [-0.25, -0.2) is 0 Å². The van der Waals surface area contributed by atoms with Gasteiger partial charge in [0.2, 0.25) is 5.91 Å². The highest BCUT2D eigenvalue weighted by Gasteiger charge is 2.55. The Kier molecular flexibility index (Phi) is 1.50. The second-order valence-electron chi connectivity index (χ2n) is 3.84. The molecule has 1 aliphatic carbocycles. The van der Waals surface area contributed by atoms with Crippen LogP contribution in [-0.4, -0.2) is 5.91 Å². The second-order valence-corrected chi connectivity index (χ2v) is 3.84. The second kappa shape index (κ2) is 1.97. The summed E-state index contributed by atoms with van der Waals surface area (Å²) in [4.78, 5) is 10.8. The van der Waals surface area contributed by atoms with Crippen molar-refractivity contribution in [3.05, 3.63) is 0 Å². The van der Waals surface area contributed by atoms with Crippen LogP contribution in [0.25, 0.3) is 0 Å². The number of primary amides is 1. The smallest absolute Gasteiger partial charge is 0.223 e. The Bertz CT molecular complexity index is 165. The van der Waals surface area contributed by atoms with Crippen molar-refractivity contribution in [2.45, 2.75) is 27.2 Å². The van der Waals surface area contributed by atoms with Gasteiger partial charge < -0.3 is 5.73 Å². The monoisotopic (exact) mass is 141 g/mol. The van der Waals surface area contributed by atoms with E-state index >= 15 is 0 Å². The molecular weight excluding hydrogens is 126 g/mol. The molecule has 0 radical (unpaired) electrons. The summed E-state index contributed by atoms with van der Waals surface area (Å²) in [5.74, 6) is 0.994. The summed E-state index contributed by atoms with van der Waals surface area (Å²) < 4.78 is 0. The molecule has 1 amide bonds. The summed E-state index contributed by atoms with van der Waals surface area (Å²) in [6.45, 7) is 6.23. The molecule has 1 rings (SSSR count). The van der Waals surface area contributed by atoms with Gasteiger partial charge in [0.05, 0.1) is 0 Å². The van der Waals surface area contributed by atoms with E-state index in [0.29, 0.717) is 11.8 Å². The number of carbonyl (C=O) groups is 1. The SMILES string of the molecule is CC(C)C1CC1(C)C(N)=O. The van der Waals surface area contributed by atoms with Crippen LogP contribution in [0.4, 0.5) is 0 Å². The first kappa shape index (κ1) is 7.58. The summed E-state index contributed by atoms with van der Waals surface area (Å²) in [6, 6.07) is 0. The quantitative estimate of drug-likeness (QED) is 0.616. The molecule has 2 nitrogen and oxygen atoms in total. The summed E-state index contributed by atoms with van der Waals surface area (Å²) in [5, 5.41) is 0. The standard InChI is InChI=1S/C8H15NO/c1-5(2)6-4-8(6,3)7(9)10/h5-6H,4H2,1-3H3,(H2,9,10). The molecule has 0 aromatic heterocycles. The summed E-state index contributed by atoms with van der Waals surface area (Å²) in [6.07, 6.45) is 0.986. The van der Waals surface area contributed by atoms with Gasteiger partial charge >= 0.3 is 0 Å². The molecule has 0 heterocycles. The van der Waals surface area contributed by atoms with Gasteiger partial charge in [-0.2, -0.15) is 0 Å². The maximum atomic E-state index is 10.8. The summed E-state index contributed by atoms with van der Waals surface area (Å²) in [5.41, 5.74) is 5.05. The van der Waals surface area contributed by atoms with E-state index in [2.05, 4.69) is 13.8 Å². The first-order chi connectivity index (χ1) is 4.48. The molecule has 0 saturated heterocycles. The third-order valence-corrected chi connectivity index (χ3v) is 2.67. The molecular formula is C8H15NO. The molecule has 0 spiro atoms. The van der Waals surface area contributed by atoms with Crippen LogP contribution in [0.5, 0.6) is 0 Å². The maximum absolute atomic E-state index is 10.8. The van der Waals surface area contributed by atoms with E-state index in [4.69, 9.17) is 5.73 Å². The van der Waals surface area contributed by atoms with Crippen LogP contribution in [0.15, 0.2) is 0 Å². The first-order valence-corrected chi connectivity index (χ1v) is 3.78. The molecule has 0 aromatic rings. The molecule has 1 aliphatic rings. The fourth-order valence-electron chi connectivity index (χ4n) is 1.65. The Morgan fingerprint density at radius 3 is 2.30 bits per heavy atom. The van der Waals surface area contributed by atoms with E-state index in [-0.39, 0.29) is 11.3 Å². The molecule has 0 aliphatic heterocycles. The van der Waals surface area contributed by atoms with Crippen LogP contribution >= 0.6 is 0 Å². The Morgan fingerprint density at radius 1 is 1.70 bits per heavy atom. The molecule has 0 aromatic carbocycles. The number of carbonyl (C=O) groups excluding carboxylic acids is 1. The van der Waals surface area contributed by atoms with E-state index in [0.717, 1.165) is 6.42 Å². The minimum absolute atomic E-state index is 0.133. The highest BCUT2D eigenvalue weighted by molar-refractivity contribution is 5.83. The van der Waals surface area contributed by atoms with Crippen molar-refractivity contribution in [3.8, 4) is 0 Å². The van der Waals surface area contributed by atoms with Gasteiger partial charge in [0.25, 0.3) is 0 Å². The molecule has 2 unspecified atom stereocenters. The van der Waals surface area contributed by atoms with Crippen LogP contribution in [0.3, 0.4) is 0 Å².